The number of hydrogen-bond donors (Lipinski definition) is 0. The van der Waals surface area contributed by atoms with E-state index in [4.69, 9.17) is 0 Å². The van der Waals surface area contributed by atoms with Gasteiger partial charge in [-0.15, -0.1) is 0 Å². The predicted octanol–water partition coefficient (Wildman–Crippen LogP) is 11.8. The van der Waals surface area contributed by atoms with Gasteiger partial charge in [0, 0.05) is 22.5 Å². The van der Waals surface area contributed by atoms with Gasteiger partial charge in [-0.25, -0.2) is 0 Å². The zero-order chi connectivity index (χ0) is 30.2. The SMILES string of the molecule is CC1(c2ccccc2)c2ccccc2-c2cc(N(c3ccc(-c4ccccc4)cc3)c3ccc(-c4ccccc4)cc3)ccc21. The van der Waals surface area contributed by atoms with E-state index in [2.05, 4.69) is 194 Å². The topological polar surface area (TPSA) is 3.24 Å². The van der Waals surface area contributed by atoms with Crippen molar-refractivity contribution in [1.82, 2.24) is 0 Å². The maximum Gasteiger partial charge on any atom is 0.0468 e. The molecule has 1 unspecified atom stereocenters. The summed E-state index contributed by atoms with van der Waals surface area (Å²) in [7, 11) is 0. The average Bonchev–Trinajstić information content (AvgIpc) is 3.38. The monoisotopic (exact) mass is 575 g/mol. The van der Waals surface area contributed by atoms with E-state index >= 15 is 0 Å². The highest BCUT2D eigenvalue weighted by Gasteiger charge is 2.40. The third-order valence-electron chi connectivity index (χ3n) is 9.37. The highest BCUT2D eigenvalue weighted by atomic mass is 15.1. The smallest absolute Gasteiger partial charge is 0.0468 e. The van der Waals surface area contributed by atoms with Gasteiger partial charge in [-0.1, -0.05) is 146 Å². The van der Waals surface area contributed by atoms with Gasteiger partial charge in [0.15, 0.2) is 0 Å². The van der Waals surface area contributed by atoms with Crippen LogP contribution in [0.2, 0.25) is 0 Å². The van der Waals surface area contributed by atoms with Crippen LogP contribution in [0.5, 0.6) is 0 Å². The van der Waals surface area contributed by atoms with Gasteiger partial charge >= 0.3 is 0 Å². The minimum absolute atomic E-state index is 0.217. The fourth-order valence-corrected chi connectivity index (χ4v) is 7.03. The third kappa shape index (κ3) is 4.65. The molecule has 0 heterocycles. The first kappa shape index (κ1) is 26.9. The molecule has 0 aromatic heterocycles. The standard InChI is InChI=1S/C44H33N/c1-44(36-17-9-4-10-18-36)42-20-12-11-19-40(42)41-31-39(29-30-43(41)44)45(37-25-21-34(22-26-37)32-13-5-2-6-14-32)38-27-23-35(24-28-38)33-15-7-3-8-16-33/h2-31H,1H3. The van der Waals surface area contributed by atoms with Crippen LogP contribution in [-0.2, 0) is 5.41 Å². The Morgan fingerprint density at radius 3 is 1.33 bits per heavy atom. The van der Waals surface area contributed by atoms with Gasteiger partial charge in [0.25, 0.3) is 0 Å². The molecule has 0 aliphatic heterocycles. The lowest BCUT2D eigenvalue weighted by atomic mass is 9.74. The van der Waals surface area contributed by atoms with Gasteiger partial charge in [-0.3, -0.25) is 0 Å². The Bertz CT molecular complexity index is 2000. The molecule has 0 spiro atoms. The molecule has 0 fully saturated rings. The molecule has 1 atom stereocenters. The molecule has 45 heavy (non-hydrogen) atoms. The summed E-state index contributed by atoms with van der Waals surface area (Å²) in [6, 6.07) is 65.9. The molecule has 0 saturated carbocycles. The minimum Gasteiger partial charge on any atom is -0.310 e. The molecule has 214 valence electrons. The van der Waals surface area contributed by atoms with Gasteiger partial charge < -0.3 is 4.90 Å². The second-order valence-corrected chi connectivity index (χ2v) is 11.9. The number of rotatable bonds is 6. The van der Waals surface area contributed by atoms with Crippen LogP contribution in [0, 0.1) is 0 Å². The molecule has 1 aliphatic carbocycles. The third-order valence-corrected chi connectivity index (χ3v) is 9.37. The highest BCUT2D eigenvalue weighted by molar-refractivity contribution is 5.88. The molecule has 0 bridgehead atoms. The van der Waals surface area contributed by atoms with Crippen LogP contribution in [0.1, 0.15) is 23.6 Å². The zero-order valence-electron chi connectivity index (χ0n) is 25.3. The Morgan fingerprint density at radius 2 is 0.778 bits per heavy atom. The maximum absolute atomic E-state index is 2.39. The summed E-state index contributed by atoms with van der Waals surface area (Å²) < 4.78 is 0. The second kappa shape index (κ2) is 11.1. The summed E-state index contributed by atoms with van der Waals surface area (Å²) in [5.74, 6) is 0. The van der Waals surface area contributed by atoms with Crippen molar-refractivity contribution >= 4 is 17.1 Å². The molecule has 1 nitrogen and oxygen atoms in total. The first-order valence-electron chi connectivity index (χ1n) is 15.6. The van der Waals surface area contributed by atoms with Gasteiger partial charge in [0.1, 0.15) is 0 Å². The van der Waals surface area contributed by atoms with Crippen molar-refractivity contribution in [3.8, 4) is 33.4 Å². The van der Waals surface area contributed by atoms with Crippen molar-refractivity contribution in [3.63, 3.8) is 0 Å². The second-order valence-electron chi connectivity index (χ2n) is 11.9. The first-order valence-corrected chi connectivity index (χ1v) is 15.6. The summed E-state index contributed by atoms with van der Waals surface area (Å²) in [5, 5.41) is 0. The molecular weight excluding hydrogens is 542 g/mol. The summed E-state index contributed by atoms with van der Waals surface area (Å²) in [5.41, 5.74) is 14.6. The van der Waals surface area contributed by atoms with Crippen LogP contribution in [-0.4, -0.2) is 0 Å². The lowest BCUT2D eigenvalue weighted by molar-refractivity contribution is 0.714. The van der Waals surface area contributed by atoms with E-state index in [1.165, 1.54) is 50.1 Å². The molecule has 0 radical (unpaired) electrons. The molecule has 1 aliphatic rings. The van der Waals surface area contributed by atoms with Crippen LogP contribution in [0.4, 0.5) is 17.1 Å². The summed E-state index contributed by atoms with van der Waals surface area (Å²) in [6.45, 7) is 2.37. The van der Waals surface area contributed by atoms with Crippen molar-refractivity contribution in [2.45, 2.75) is 12.3 Å². The average molecular weight is 576 g/mol. The Hall–Kier alpha value is -5.66. The molecule has 0 amide bonds. The van der Waals surface area contributed by atoms with Crippen molar-refractivity contribution in [1.29, 1.82) is 0 Å². The number of benzene rings is 7. The van der Waals surface area contributed by atoms with Crippen molar-refractivity contribution in [3.05, 3.63) is 199 Å². The first-order chi connectivity index (χ1) is 22.2. The lowest BCUT2D eigenvalue weighted by Crippen LogP contribution is -2.22. The number of hydrogen-bond acceptors (Lipinski definition) is 1. The van der Waals surface area contributed by atoms with Gasteiger partial charge in [0.05, 0.1) is 0 Å². The highest BCUT2D eigenvalue weighted by Crippen LogP contribution is 2.53. The van der Waals surface area contributed by atoms with E-state index in [9.17, 15) is 0 Å². The largest absolute Gasteiger partial charge is 0.310 e. The van der Waals surface area contributed by atoms with E-state index in [1.807, 2.05) is 0 Å². The maximum atomic E-state index is 2.39. The molecule has 7 aromatic rings. The fourth-order valence-electron chi connectivity index (χ4n) is 7.03. The Balaban J connectivity index is 1.27. The minimum atomic E-state index is -0.217. The van der Waals surface area contributed by atoms with E-state index in [0.717, 1.165) is 17.1 Å². The van der Waals surface area contributed by atoms with E-state index in [-0.39, 0.29) is 5.41 Å². The fraction of sp³-hybridized carbons (Fsp3) is 0.0455. The zero-order valence-corrected chi connectivity index (χ0v) is 25.3. The normalized spacial score (nSPS) is 14.9. The summed E-state index contributed by atoms with van der Waals surface area (Å²) in [4.78, 5) is 2.38. The Morgan fingerprint density at radius 1 is 0.356 bits per heavy atom. The van der Waals surface area contributed by atoms with Crippen molar-refractivity contribution < 1.29 is 0 Å². The van der Waals surface area contributed by atoms with E-state index in [0.29, 0.717) is 0 Å². The molecule has 7 aromatic carbocycles. The summed E-state index contributed by atoms with van der Waals surface area (Å²) >= 11 is 0. The van der Waals surface area contributed by atoms with Crippen molar-refractivity contribution in [2.75, 3.05) is 4.90 Å². The predicted molar refractivity (Wildman–Crippen MR) is 189 cm³/mol. The summed E-state index contributed by atoms with van der Waals surface area (Å²) in [6.07, 6.45) is 0. The number of nitrogens with zero attached hydrogens (tertiary/aromatic N) is 1. The quantitative estimate of drug-likeness (QED) is 0.191. The number of fused-ring (bicyclic) bond motifs is 3. The molecule has 0 saturated heterocycles. The van der Waals surface area contributed by atoms with Gasteiger partial charge in [0.2, 0.25) is 0 Å². The molecule has 8 rings (SSSR count). The lowest BCUT2D eigenvalue weighted by Gasteiger charge is -2.29. The number of anilines is 3. The molecular formula is C44H33N. The van der Waals surface area contributed by atoms with Crippen LogP contribution < -0.4 is 4.90 Å². The van der Waals surface area contributed by atoms with Crippen molar-refractivity contribution in [2.24, 2.45) is 0 Å². The molecule has 1 heteroatoms. The van der Waals surface area contributed by atoms with E-state index < -0.39 is 0 Å². The van der Waals surface area contributed by atoms with Gasteiger partial charge in [-0.2, -0.15) is 0 Å². The van der Waals surface area contributed by atoms with Crippen LogP contribution >= 0.6 is 0 Å². The Kier molecular flexibility index (Phi) is 6.65. The Labute approximate surface area is 265 Å². The van der Waals surface area contributed by atoms with Crippen LogP contribution in [0.25, 0.3) is 33.4 Å². The van der Waals surface area contributed by atoms with Gasteiger partial charge in [-0.05, 0) is 93.4 Å². The van der Waals surface area contributed by atoms with Crippen LogP contribution in [0.15, 0.2) is 182 Å². The van der Waals surface area contributed by atoms with E-state index in [1.54, 1.807) is 0 Å². The van der Waals surface area contributed by atoms with Crippen LogP contribution in [0.3, 0.4) is 0 Å². The molecule has 0 N–H and O–H groups in total.